The van der Waals surface area contributed by atoms with Gasteiger partial charge in [-0.3, -0.25) is 0 Å². The number of methoxy groups -OCH3 is 1. The maximum atomic E-state index is 9.97. The Labute approximate surface area is 126 Å². The molecule has 1 aromatic carbocycles. The average molecular weight is 298 g/mol. The minimum absolute atomic E-state index is 0.275. The van der Waals surface area contributed by atoms with Gasteiger partial charge in [-0.05, 0) is 12.5 Å². The molecule has 0 aliphatic rings. The molecule has 0 fully saturated rings. The first-order chi connectivity index (χ1) is 10.2. The van der Waals surface area contributed by atoms with E-state index in [1.54, 1.807) is 7.11 Å². The minimum atomic E-state index is -0.595. The first kappa shape index (κ1) is 18.1. The number of hydrogen-bond donors (Lipinski definition) is 1. The van der Waals surface area contributed by atoms with E-state index in [2.05, 4.69) is 0 Å². The number of rotatable bonds is 12. The van der Waals surface area contributed by atoms with Gasteiger partial charge in [-0.15, -0.1) is 0 Å². The van der Waals surface area contributed by atoms with Gasteiger partial charge in [0.2, 0.25) is 0 Å². The van der Waals surface area contributed by atoms with Crippen LogP contribution in [0, 0.1) is 6.92 Å². The molecule has 120 valence electrons. The zero-order valence-corrected chi connectivity index (χ0v) is 12.9. The Balaban J connectivity index is 1.96. The molecule has 0 amide bonds. The van der Waals surface area contributed by atoms with Crippen LogP contribution in [0.3, 0.4) is 0 Å². The van der Waals surface area contributed by atoms with Crippen molar-refractivity contribution >= 4 is 0 Å². The summed E-state index contributed by atoms with van der Waals surface area (Å²) >= 11 is 0. The molecule has 5 heteroatoms. The van der Waals surface area contributed by atoms with Gasteiger partial charge in [-0.25, -0.2) is 0 Å². The molecule has 0 aliphatic carbocycles. The molecule has 0 saturated carbocycles. The molecule has 1 atom stereocenters. The number of aryl methyl sites for hydroxylation is 1. The predicted molar refractivity (Wildman–Crippen MR) is 80.5 cm³/mol. The maximum Gasteiger partial charge on any atom is 0.102 e. The molecule has 21 heavy (non-hydrogen) atoms. The van der Waals surface area contributed by atoms with Crippen LogP contribution in [0.15, 0.2) is 24.3 Å². The lowest BCUT2D eigenvalue weighted by atomic mass is 10.1. The van der Waals surface area contributed by atoms with E-state index in [-0.39, 0.29) is 6.61 Å². The second-order valence-corrected chi connectivity index (χ2v) is 4.72. The number of aliphatic hydroxyl groups excluding tert-OH is 1. The van der Waals surface area contributed by atoms with Crippen molar-refractivity contribution in [1.29, 1.82) is 0 Å². The Morgan fingerprint density at radius 2 is 1.57 bits per heavy atom. The van der Waals surface area contributed by atoms with Crippen LogP contribution in [0.5, 0.6) is 0 Å². The van der Waals surface area contributed by atoms with Crippen LogP contribution < -0.4 is 0 Å². The Morgan fingerprint density at radius 1 is 0.952 bits per heavy atom. The molecule has 0 radical (unpaired) electrons. The van der Waals surface area contributed by atoms with E-state index in [4.69, 9.17) is 18.9 Å². The molecule has 0 aromatic heterocycles. The maximum absolute atomic E-state index is 9.97. The van der Waals surface area contributed by atoms with Crippen molar-refractivity contribution in [3.8, 4) is 0 Å². The summed E-state index contributed by atoms with van der Waals surface area (Å²) in [4.78, 5) is 0. The van der Waals surface area contributed by atoms with Crippen LogP contribution >= 0.6 is 0 Å². The molecule has 1 N–H and O–H groups in total. The van der Waals surface area contributed by atoms with Crippen LogP contribution in [0.1, 0.15) is 17.2 Å². The Morgan fingerprint density at radius 3 is 2.19 bits per heavy atom. The second-order valence-electron chi connectivity index (χ2n) is 4.72. The van der Waals surface area contributed by atoms with Gasteiger partial charge in [-0.2, -0.15) is 0 Å². The molecule has 1 unspecified atom stereocenters. The van der Waals surface area contributed by atoms with Crippen LogP contribution in [0.2, 0.25) is 0 Å². The quantitative estimate of drug-likeness (QED) is 0.596. The molecule has 0 saturated heterocycles. The fourth-order valence-electron chi connectivity index (χ4n) is 1.75. The predicted octanol–water partition coefficient (Wildman–Crippen LogP) is 1.72. The van der Waals surface area contributed by atoms with Crippen molar-refractivity contribution in [2.75, 3.05) is 53.4 Å². The number of aliphatic hydroxyl groups is 1. The summed E-state index contributed by atoms with van der Waals surface area (Å²) in [7, 11) is 1.64. The van der Waals surface area contributed by atoms with Gasteiger partial charge >= 0.3 is 0 Å². The Hall–Kier alpha value is -0.980. The SMILES string of the molecule is COCCOCCOCCOCC(O)c1cccc(C)c1. The molecule has 0 spiro atoms. The van der Waals surface area contributed by atoms with Crippen LogP contribution in [0.25, 0.3) is 0 Å². The molecule has 1 rings (SSSR count). The zero-order valence-electron chi connectivity index (χ0n) is 12.9. The highest BCUT2D eigenvalue weighted by molar-refractivity contribution is 5.23. The molecule has 0 heterocycles. The fourth-order valence-corrected chi connectivity index (χ4v) is 1.75. The molecule has 5 nitrogen and oxygen atoms in total. The van der Waals surface area contributed by atoms with Gasteiger partial charge in [0.15, 0.2) is 0 Å². The fraction of sp³-hybridized carbons (Fsp3) is 0.625. The number of ether oxygens (including phenoxy) is 4. The molecular weight excluding hydrogens is 272 g/mol. The summed E-state index contributed by atoms with van der Waals surface area (Å²) in [6.45, 7) is 5.49. The van der Waals surface area contributed by atoms with Gasteiger partial charge in [0.05, 0.1) is 46.2 Å². The average Bonchev–Trinajstić information content (AvgIpc) is 2.49. The number of hydrogen-bond acceptors (Lipinski definition) is 5. The van der Waals surface area contributed by atoms with Crippen molar-refractivity contribution in [2.24, 2.45) is 0 Å². The number of benzene rings is 1. The molecule has 0 bridgehead atoms. The summed E-state index contributed by atoms with van der Waals surface area (Å²) in [5.41, 5.74) is 2.01. The van der Waals surface area contributed by atoms with E-state index in [0.717, 1.165) is 11.1 Å². The Kier molecular flexibility index (Phi) is 10.0. The standard InChI is InChI=1S/C16H26O5/c1-14-4-3-5-15(12-14)16(17)13-21-11-10-20-9-8-19-7-6-18-2/h3-5,12,16-17H,6-11,13H2,1-2H3. The highest BCUT2D eigenvalue weighted by atomic mass is 16.6. The summed E-state index contributed by atoms with van der Waals surface area (Å²) in [5.74, 6) is 0. The monoisotopic (exact) mass is 298 g/mol. The van der Waals surface area contributed by atoms with Crippen molar-refractivity contribution in [3.05, 3.63) is 35.4 Å². The minimum Gasteiger partial charge on any atom is -0.386 e. The summed E-state index contributed by atoms with van der Waals surface area (Å²) in [5, 5.41) is 9.97. The molecule has 0 aliphatic heterocycles. The van der Waals surface area contributed by atoms with E-state index < -0.39 is 6.10 Å². The van der Waals surface area contributed by atoms with Gasteiger partial charge in [0, 0.05) is 7.11 Å². The lowest BCUT2D eigenvalue weighted by molar-refractivity contribution is -0.0148. The van der Waals surface area contributed by atoms with E-state index >= 15 is 0 Å². The van der Waals surface area contributed by atoms with Crippen molar-refractivity contribution < 1.29 is 24.1 Å². The van der Waals surface area contributed by atoms with Crippen LogP contribution in [-0.4, -0.2) is 58.5 Å². The van der Waals surface area contributed by atoms with Gasteiger partial charge in [0.25, 0.3) is 0 Å². The molecule has 1 aromatic rings. The third-order valence-electron chi connectivity index (χ3n) is 2.88. The van der Waals surface area contributed by atoms with Gasteiger partial charge in [0.1, 0.15) is 6.10 Å². The zero-order chi connectivity index (χ0) is 15.3. The van der Waals surface area contributed by atoms with E-state index in [9.17, 15) is 5.11 Å². The summed E-state index contributed by atoms with van der Waals surface area (Å²) in [6, 6.07) is 7.79. The Bertz CT molecular complexity index is 369. The lowest BCUT2D eigenvalue weighted by Crippen LogP contribution is -2.13. The lowest BCUT2D eigenvalue weighted by Gasteiger charge is -2.12. The van der Waals surface area contributed by atoms with Crippen LogP contribution in [0.4, 0.5) is 0 Å². The van der Waals surface area contributed by atoms with Crippen molar-refractivity contribution in [3.63, 3.8) is 0 Å². The van der Waals surface area contributed by atoms with E-state index in [1.165, 1.54) is 0 Å². The second kappa shape index (κ2) is 11.7. The van der Waals surface area contributed by atoms with Crippen molar-refractivity contribution in [2.45, 2.75) is 13.0 Å². The van der Waals surface area contributed by atoms with E-state index in [0.29, 0.717) is 39.6 Å². The summed E-state index contributed by atoms with van der Waals surface area (Å²) in [6.07, 6.45) is -0.595. The van der Waals surface area contributed by atoms with Crippen molar-refractivity contribution in [1.82, 2.24) is 0 Å². The van der Waals surface area contributed by atoms with Gasteiger partial charge in [-0.1, -0.05) is 29.8 Å². The first-order valence-corrected chi connectivity index (χ1v) is 7.21. The molecular formula is C16H26O5. The smallest absolute Gasteiger partial charge is 0.102 e. The largest absolute Gasteiger partial charge is 0.386 e. The highest BCUT2D eigenvalue weighted by Crippen LogP contribution is 2.14. The van der Waals surface area contributed by atoms with E-state index in [1.807, 2.05) is 31.2 Å². The summed E-state index contributed by atoms with van der Waals surface area (Å²) < 4.78 is 20.9. The normalized spacial score (nSPS) is 12.5. The highest BCUT2D eigenvalue weighted by Gasteiger charge is 2.07. The first-order valence-electron chi connectivity index (χ1n) is 7.21. The third-order valence-corrected chi connectivity index (χ3v) is 2.88. The van der Waals surface area contributed by atoms with Gasteiger partial charge < -0.3 is 24.1 Å². The van der Waals surface area contributed by atoms with Crippen LogP contribution in [-0.2, 0) is 18.9 Å². The topological polar surface area (TPSA) is 57.2 Å². The third kappa shape index (κ3) is 8.80.